The van der Waals surface area contributed by atoms with Crippen LogP contribution in [0.2, 0.25) is 0 Å². The van der Waals surface area contributed by atoms with Gasteiger partial charge in [0.1, 0.15) is 5.75 Å². The van der Waals surface area contributed by atoms with Crippen molar-refractivity contribution in [3.05, 3.63) is 28.8 Å². The summed E-state index contributed by atoms with van der Waals surface area (Å²) in [5.41, 5.74) is 3.89. The van der Waals surface area contributed by atoms with E-state index in [1.807, 2.05) is 0 Å². The van der Waals surface area contributed by atoms with Crippen LogP contribution >= 0.6 is 0 Å². The van der Waals surface area contributed by atoms with E-state index in [1.54, 1.807) is 0 Å². The first kappa shape index (κ1) is 13.4. The summed E-state index contributed by atoms with van der Waals surface area (Å²) in [4.78, 5) is 0. The summed E-state index contributed by atoms with van der Waals surface area (Å²) in [6.45, 7) is 9.62. The maximum Gasteiger partial charge on any atom is 0.122 e. The van der Waals surface area contributed by atoms with Crippen molar-refractivity contribution in [1.29, 1.82) is 0 Å². The van der Waals surface area contributed by atoms with Crippen molar-refractivity contribution in [2.75, 3.05) is 19.7 Å². The van der Waals surface area contributed by atoms with Crippen LogP contribution in [0, 0.1) is 26.7 Å². The minimum absolute atomic E-state index is 0.796. The van der Waals surface area contributed by atoms with Gasteiger partial charge in [-0.05, 0) is 81.8 Å². The third-order valence-corrected chi connectivity index (χ3v) is 3.95. The number of rotatable bonds is 4. The first-order valence-corrected chi connectivity index (χ1v) is 7.08. The summed E-state index contributed by atoms with van der Waals surface area (Å²) >= 11 is 0. The Morgan fingerprint density at radius 2 is 2.11 bits per heavy atom. The molecule has 1 heterocycles. The first-order valence-electron chi connectivity index (χ1n) is 7.08. The highest BCUT2D eigenvalue weighted by Gasteiger charge is 2.13. The van der Waals surface area contributed by atoms with Gasteiger partial charge in [0.25, 0.3) is 0 Å². The molecule has 0 saturated carbocycles. The van der Waals surface area contributed by atoms with Crippen molar-refractivity contribution in [2.45, 2.75) is 40.0 Å². The topological polar surface area (TPSA) is 21.3 Å². The molecular formula is C16H25NO. The van der Waals surface area contributed by atoms with E-state index >= 15 is 0 Å². The molecule has 0 amide bonds. The van der Waals surface area contributed by atoms with Gasteiger partial charge in [-0.1, -0.05) is 6.07 Å². The molecule has 1 N–H and O–H groups in total. The van der Waals surface area contributed by atoms with Crippen LogP contribution in [0.3, 0.4) is 0 Å². The Balaban J connectivity index is 1.86. The largest absolute Gasteiger partial charge is 0.493 e. The van der Waals surface area contributed by atoms with Crippen molar-refractivity contribution in [1.82, 2.24) is 5.32 Å². The van der Waals surface area contributed by atoms with E-state index in [9.17, 15) is 0 Å². The molecule has 18 heavy (non-hydrogen) atoms. The summed E-state index contributed by atoms with van der Waals surface area (Å²) < 4.78 is 5.97. The fourth-order valence-corrected chi connectivity index (χ4v) is 2.66. The van der Waals surface area contributed by atoms with Crippen LogP contribution in [0.25, 0.3) is 0 Å². The fourth-order valence-electron chi connectivity index (χ4n) is 2.66. The van der Waals surface area contributed by atoms with Gasteiger partial charge in [-0.25, -0.2) is 0 Å². The number of hydrogen-bond donors (Lipinski definition) is 1. The van der Waals surface area contributed by atoms with Gasteiger partial charge in [-0.2, -0.15) is 0 Å². The van der Waals surface area contributed by atoms with E-state index in [2.05, 4.69) is 38.2 Å². The lowest BCUT2D eigenvalue weighted by Gasteiger charge is -2.23. The smallest absolute Gasteiger partial charge is 0.122 e. The Bertz CT molecular complexity index is 394. The third-order valence-electron chi connectivity index (χ3n) is 3.95. The molecule has 0 radical (unpaired) electrons. The number of ether oxygens (including phenoxy) is 1. The third kappa shape index (κ3) is 3.49. The average Bonchev–Trinajstić information content (AvgIpc) is 2.36. The second kappa shape index (κ2) is 6.24. The molecule has 1 aliphatic rings. The van der Waals surface area contributed by atoms with Crippen LogP contribution in [-0.4, -0.2) is 19.7 Å². The highest BCUT2D eigenvalue weighted by Crippen LogP contribution is 2.24. The highest BCUT2D eigenvalue weighted by atomic mass is 16.5. The fraction of sp³-hybridized carbons (Fsp3) is 0.625. The predicted molar refractivity (Wildman–Crippen MR) is 76.4 cm³/mol. The molecule has 0 aliphatic carbocycles. The molecule has 1 unspecified atom stereocenters. The number of aryl methyl sites for hydroxylation is 2. The standard InChI is InChI=1S/C16H25NO/c1-12-9-13(2)14(3)16(10-12)18-8-6-15-5-4-7-17-11-15/h9-10,15,17H,4-8,11H2,1-3H3. The van der Waals surface area contributed by atoms with E-state index in [0.29, 0.717) is 0 Å². The minimum atomic E-state index is 0.796. The Labute approximate surface area is 111 Å². The molecule has 100 valence electrons. The Kier molecular flexibility index (Phi) is 4.65. The van der Waals surface area contributed by atoms with Crippen molar-refractivity contribution in [3.63, 3.8) is 0 Å². The number of piperidine rings is 1. The van der Waals surface area contributed by atoms with Crippen LogP contribution in [0.15, 0.2) is 12.1 Å². The van der Waals surface area contributed by atoms with E-state index in [1.165, 1.54) is 42.5 Å². The Morgan fingerprint density at radius 3 is 2.83 bits per heavy atom. The molecule has 0 aromatic heterocycles. The molecule has 1 fully saturated rings. The minimum Gasteiger partial charge on any atom is -0.493 e. The molecule has 2 heteroatoms. The molecule has 1 saturated heterocycles. The Hall–Kier alpha value is -1.02. The molecule has 2 nitrogen and oxygen atoms in total. The van der Waals surface area contributed by atoms with E-state index in [-0.39, 0.29) is 0 Å². The SMILES string of the molecule is Cc1cc(C)c(C)c(OCCC2CCCNC2)c1. The molecule has 2 rings (SSSR count). The molecule has 1 aromatic carbocycles. The van der Waals surface area contributed by atoms with Crippen molar-refractivity contribution in [2.24, 2.45) is 5.92 Å². The quantitative estimate of drug-likeness (QED) is 0.880. The van der Waals surface area contributed by atoms with Crippen molar-refractivity contribution >= 4 is 0 Å². The zero-order chi connectivity index (χ0) is 13.0. The monoisotopic (exact) mass is 247 g/mol. The summed E-state index contributed by atoms with van der Waals surface area (Å²) in [5.74, 6) is 1.86. The summed E-state index contributed by atoms with van der Waals surface area (Å²) in [7, 11) is 0. The van der Waals surface area contributed by atoms with Gasteiger partial charge < -0.3 is 10.1 Å². The summed E-state index contributed by atoms with van der Waals surface area (Å²) in [6, 6.07) is 4.37. The van der Waals surface area contributed by atoms with Crippen LogP contribution < -0.4 is 10.1 Å². The lowest BCUT2D eigenvalue weighted by atomic mass is 9.97. The van der Waals surface area contributed by atoms with Crippen molar-refractivity contribution < 1.29 is 4.74 Å². The summed E-state index contributed by atoms with van der Waals surface area (Å²) in [5, 5.41) is 3.46. The van der Waals surface area contributed by atoms with Gasteiger partial charge in [0.05, 0.1) is 6.61 Å². The number of nitrogens with one attached hydrogen (secondary N) is 1. The molecular weight excluding hydrogens is 222 g/mol. The highest BCUT2D eigenvalue weighted by molar-refractivity contribution is 5.41. The second-order valence-electron chi connectivity index (χ2n) is 5.55. The molecule has 0 spiro atoms. The zero-order valence-electron chi connectivity index (χ0n) is 11.9. The first-order chi connectivity index (χ1) is 8.66. The van der Waals surface area contributed by atoms with Crippen molar-refractivity contribution in [3.8, 4) is 5.75 Å². The Morgan fingerprint density at radius 1 is 1.28 bits per heavy atom. The maximum absolute atomic E-state index is 5.97. The zero-order valence-corrected chi connectivity index (χ0v) is 11.9. The lowest BCUT2D eigenvalue weighted by Crippen LogP contribution is -2.30. The van der Waals surface area contributed by atoms with Gasteiger partial charge in [-0.15, -0.1) is 0 Å². The van der Waals surface area contributed by atoms with Crippen LogP contribution in [-0.2, 0) is 0 Å². The maximum atomic E-state index is 5.97. The van der Waals surface area contributed by atoms with Gasteiger partial charge >= 0.3 is 0 Å². The molecule has 1 atom stereocenters. The van der Waals surface area contributed by atoms with E-state index < -0.39 is 0 Å². The van der Waals surface area contributed by atoms with Gasteiger partial charge in [-0.3, -0.25) is 0 Å². The van der Waals surface area contributed by atoms with Crippen LogP contribution in [0.4, 0.5) is 0 Å². The molecule has 0 bridgehead atoms. The predicted octanol–water partition coefficient (Wildman–Crippen LogP) is 3.38. The van der Waals surface area contributed by atoms with Gasteiger partial charge in [0.15, 0.2) is 0 Å². The van der Waals surface area contributed by atoms with Crippen LogP contribution in [0.5, 0.6) is 5.75 Å². The van der Waals surface area contributed by atoms with E-state index in [4.69, 9.17) is 4.74 Å². The van der Waals surface area contributed by atoms with Gasteiger partial charge in [0.2, 0.25) is 0 Å². The van der Waals surface area contributed by atoms with E-state index in [0.717, 1.165) is 24.8 Å². The normalized spacial score (nSPS) is 19.8. The van der Waals surface area contributed by atoms with Crippen LogP contribution in [0.1, 0.15) is 36.0 Å². The summed E-state index contributed by atoms with van der Waals surface area (Å²) in [6.07, 6.45) is 3.83. The number of benzene rings is 1. The van der Waals surface area contributed by atoms with Gasteiger partial charge in [0, 0.05) is 0 Å². The molecule has 1 aliphatic heterocycles. The molecule has 1 aromatic rings. The average molecular weight is 247 g/mol. The lowest BCUT2D eigenvalue weighted by molar-refractivity contribution is 0.253. The second-order valence-corrected chi connectivity index (χ2v) is 5.55. The number of hydrogen-bond acceptors (Lipinski definition) is 2.